The summed E-state index contributed by atoms with van der Waals surface area (Å²) < 4.78 is 0. The van der Waals surface area contributed by atoms with Crippen molar-refractivity contribution in [2.45, 2.75) is 45.6 Å². The molecule has 1 heterocycles. The highest BCUT2D eigenvalue weighted by Gasteiger charge is 2.25. The number of amides is 1. The molecule has 5 nitrogen and oxygen atoms in total. The van der Waals surface area contributed by atoms with E-state index in [1.807, 2.05) is 6.07 Å². The van der Waals surface area contributed by atoms with Crippen LogP contribution in [0.2, 0.25) is 10.0 Å². The predicted molar refractivity (Wildman–Crippen MR) is 159 cm³/mol. The molecular weight excluding hydrogens is 523 g/mol. The third kappa shape index (κ3) is 7.40. The number of anilines is 1. The molecule has 0 bridgehead atoms. The number of rotatable bonds is 7. The molecular formula is C29H36Cl2N4OS. The summed E-state index contributed by atoms with van der Waals surface area (Å²) in [7, 11) is 0. The van der Waals surface area contributed by atoms with Gasteiger partial charge in [0.2, 0.25) is 5.91 Å². The van der Waals surface area contributed by atoms with E-state index in [-0.39, 0.29) is 17.9 Å². The zero-order valence-corrected chi connectivity index (χ0v) is 23.9. The number of halogens is 2. The van der Waals surface area contributed by atoms with Crippen molar-refractivity contribution >= 4 is 52.1 Å². The van der Waals surface area contributed by atoms with Gasteiger partial charge in [-0.05, 0) is 55.6 Å². The molecule has 1 aliphatic heterocycles. The Morgan fingerprint density at radius 2 is 1.86 bits per heavy atom. The minimum atomic E-state index is 0.0328. The second kappa shape index (κ2) is 13.0. The zero-order valence-electron chi connectivity index (χ0n) is 21.6. The first-order chi connectivity index (χ1) is 17.8. The Morgan fingerprint density at radius 1 is 1.14 bits per heavy atom. The summed E-state index contributed by atoms with van der Waals surface area (Å²) in [6, 6.07) is 5.44. The molecule has 1 aromatic rings. The van der Waals surface area contributed by atoms with Crippen LogP contribution in [0.25, 0.3) is 0 Å². The van der Waals surface area contributed by atoms with Crippen LogP contribution in [0.4, 0.5) is 5.69 Å². The maximum atomic E-state index is 12.6. The summed E-state index contributed by atoms with van der Waals surface area (Å²) in [5.41, 5.74) is 3.31. The lowest BCUT2D eigenvalue weighted by molar-refractivity contribution is -0.121. The van der Waals surface area contributed by atoms with E-state index in [2.05, 4.69) is 70.7 Å². The summed E-state index contributed by atoms with van der Waals surface area (Å²) in [4.78, 5) is 17.1. The van der Waals surface area contributed by atoms with Gasteiger partial charge in [0.15, 0.2) is 5.11 Å². The van der Waals surface area contributed by atoms with Crippen LogP contribution in [0.15, 0.2) is 65.9 Å². The van der Waals surface area contributed by atoms with E-state index in [1.54, 1.807) is 12.1 Å². The molecule has 1 saturated heterocycles. The Bertz CT molecular complexity index is 1100. The third-order valence-electron chi connectivity index (χ3n) is 7.37. The van der Waals surface area contributed by atoms with Gasteiger partial charge in [-0.15, -0.1) is 0 Å². The fraction of sp³-hybridized carbons (Fsp3) is 0.448. The summed E-state index contributed by atoms with van der Waals surface area (Å²) >= 11 is 18.2. The molecule has 4 rings (SSSR count). The second-order valence-corrected chi connectivity index (χ2v) is 11.3. The highest BCUT2D eigenvalue weighted by molar-refractivity contribution is 7.80. The third-order valence-corrected chi connectivity index (χ3v) is 8.36. The van der Waals surface area contributed by atoms with Gasteiger partial charge in [0.25, 0.3) is 0 Å². The minimum absolute atomic E-state index is 0.0328. The zero-order chi connectivity index (χ0) is 26.4. The molecule has 2 N–H and O–H groups in total. The van der Waals surface area contributed by atoms with Crippen molar-refractivity contribution in [1.82, 2.24) is 15.1 Å². The van der Waals surface area contributed by atoms with Crippen LogP contribution in [-0.4, -0.2) is 53.0 Å². The first-order valence-corrected chi connectivity index (χ1v) is 14.3. The van der Waals surface area contributed by atoms with Gasteiger partial charge in [-0.3, -0.25) is 4.79 Å². The highest BCUT2D eigenvalue weighted by atomic mass is 35.5. The number of hydrogen-bond acceptors (Lipinski definition) is 3. The van der Waals surface area contributed by atoms with E-state index in [9.17, 15) is 4.79 Å². The molecule has 198 valence electrons. The lowest BCUT2D eigenvalue weighted by atomic mass is 9.89. The molecule has 0 radical (unpaired) electrons. The molecule has 0 saturated carbocycles. The standard InChI is InChI=1S/C29H36Cl2N4OS/c1-20-7-3-4-8-22(20)9-5-12-27(36)32-26-14-13-23(19-21(26)2)34-15-17-35(18-16-34)29(37)33-28-24(30)10-6-11-25(28)31/h3-4,6,8,10-11,13-14,19-21,26H,5,7,9,12,15-18H2,1-2H3,(H,32,36)(H,33,37). The first-order valence-electron chi connectivity index (χ1n) is 13.1. The fourth-order valence-corrected chi connectivity index (χ4v) is 5.77. The van der Waals surface area contributed by atoms with Crippen molar-refractivity contribution in [3.05, 3.63) is 76.0 Å². The Morgan fingerprint density at radius 3 is 2.54 bits per heavy atom. The van der Waals surface area contributed by atoms with Gasteiger partial charge in [0, 0.05) is 44.2 Å². The van der Waals surface area contributed by atoms with Gasteiger partial charge in [0.05, 0.1) is 21.8 Å². The number of thiocarbonyl (C=S) groups is 1. The van der Waals surface area contributed by atoms with E-state index in [4.69, 9.17) is 35.4 Å². The number of piperazine rings is 1. The summed E-state index contributed by atoms with van der Waals surface area (Å²) in [6.07, 6.45) is 16.7. The van der Waals surface area contributed by atoms with Crippen molar-refractivity contribution < 1.29 is 4.79 Å². The molecule has 1 fully saturated rings. The average Bonchev–Trinajstić information content (AvgIpc) is 2.88. The largest absolute Gasteiger partial charge is 0.368 e. The lowest BCUT2D eigenvalue weighted by Crippen LogP contribution is -2.49. The van der Waals surface area contributed by atoms with Gasteiger partial charge in [-0.25, -0.2) is 0 Å². The molecule has 37 heavy (non-hydrogen) atoms. The van der Waals surface area contributed by atoms with Crippen LogP contribution >= 0.6 is 35.4 Å². The number of nitrogens with one attached hydrogen (secondary N) is 2. The molecule has 1 aromatic carbocycles. The quantitative estimate of drug-likeness (QED) is 0.370. The monoisotopic (exact) mass is 558 g/mol. The van der Waals surface area contributed by atoms with Crippen LogP contribution in [0.1, 0.15) is 39.5 Å². The fourth-order valence-electron chi connectivity index (χ4n) is 5.00. The number of benzene rings is 1. The molecule has 3 aliphatic rings. The van der Waals surface area contributed by atoms with Crippen LogP contribution in [0.3, 0.4) is 0 Å². The molecule has 3 atom stereocenters. The Kier molecular flexibility index (Phi) is 9.74. The molecule has 0 aromatic heterocycles. The van der Waals surface area contributed by atoms with Crippen molar-refractivity contribution in [2.75, 3.05) is 31.5 Å². The number of carbonyl (C=O) groups excluding carboxylic acids is 1. The second-order valence-electron chi connectivity index (χ2n) is 10.1. The van der Waals surface area contributed by atoms with Crippen molar-refractivity contribution in [3.63, 3.8) is 0 Å². The number of hydrogen-bond donors (Lipinski definition) is 2. The normalized spacial score (nSPS) is 23.4. The van der Waals surface area contributed by atoms with E-state index >= 15 is 0 Å². The minimum Gasteiger partial charge on any atom is -0.368 e. The van der Waals surface area contributed by atoms with E-state index in [0.29, 0.717) is 33.2 Å². The summed E-state index contributed by atoms with van der Waals surface area (Å²) in [5.74, 6) is 0.956. The summed E-state index contributed by atoms with van der Waals surface area (Å²) in [6.45, 7) is 7.76. The van der Waals surface area contributed by atoms with Gasteiger partial charge >= 0.3 is 0 Å². The number of allylic oxidation sites excluding steroid dienone is 5. The molecule has 0 spiro atoms. The van der Waals surface area contributed by atoms with E-state index in [1.165, 1.54) is 11.3 Å². The number of para-hydroxylation sites is 1. The SMILES string of the molecule is CC1CC=CC=C1CCCC(=O)NC1C=CC(N2CCN(C(=S)Nc3c(Cl)cccc3Cl)CC2)=CC1C. The number of carbonyl (C=O) groups is 1. The maximum Gasteiger partial charge on any atom is 0.220 e. The van der Waals surface area contributed by atoms with Crippen LogP contribution < -0.4 is 10.6 Å². The average molecular weight is 560 g/mol. The van der Waals surface area contributed by atoms with Crippen LogP contribution in [0, 0.1) is 11.8 Å². The first kappa shape index (κ1) is 27.7. The topological polar surface area (TPSA) is 47.6 Å². The van der Waals surface area contributed by atoms with Crippen molar-refractivity contribution in [2.24, 2.45) is 11.8 Å². The van der Waals surface area contributed by atoms with Crippen LogP contribution in [0.5, 0.6) is 0 Å². The molecule has 1 amide bonds. The van der Waals surface area contributed by atoms with Crippen molar-refractivity contribution in [3.8, 4) is 0 Å². The highest BCUT2D eigenvalue weighted by Crippen LogP contribution is 2.30. The maximum absolute atomic E-state index is 12.6. The molecule has 2 aliphatic carbocycles. The molecule has 3 unspecified atom stereocenters. The van der Waals surface area contributed by atoms with E-state index in [0.717, 1.165) is 45.4 Å². The lowest BCUT2D eigenvalue weighted by Gasteiger charge is -2.39. The van der Waals surface area contributed by atoms with Crippen molar-refractivity contribution in [1.29, 1.82) is 0 Å². The van der Waals surface area contributed by atoms with Gasteiger partial charge in [-0.2, -0.15) is 0 Å². The molecule has 8 heteroatoms. The predicted octanol–water partition coefficient (Wildman–Crippen LogP) is 6.58. The Balaban J connectivity index is 1.21. The Hall–Kier alpha value is -2.28. The Labute approximate surface area is 236 Å². The van der Waals surface area contributed by atoms with Gasteiger partial charge < -0.3 is 20.4 Å². The smallest absolute Gasteiger partial charge is 0.220 e. The van der Waals surface area contributed by atoms with Crippen LogP contribution in [-0.2, 0) is 4.79 Å². The van der Waals surface area contributed by atoms with Gasteiger partial charge in [-0.1, -0.05) is 79.1 Å². The summed E-state index contributed by atoms with van der Waals surface area (Å²) in [5, 5.41) is 8.16. The van der Waals surface area contributed by atoms with Gasteiger partial charge in [0.1, 0.15) is 0 Å². The number of nitrogens with zero attached hydrogens (tertiary/aromatic N) is 2. The van der Waals surface area contributed by atoms with E-state index < -0.39 is 0 Å².